The first-order valence-electron chi connectivity index (χ1n) is 4.43. The fraction of sp³-hybridized carbons (Fsp3) is 0.364. The lowest BCUT2D eigenvalue weighted by Crippen LogP contribution is -1.93. The Morgan fingerprint density at radius 1 is 1.38 bits per heavy atom. The van der Waals surface area contributed by atoms with E-state index in [1.807, 2.05) is 26.8 Å². The Labute approximate surface area is 80.2 Å². The van der Waals surface area contributed by atoms with E-state index in [0.717, 1.165) is 11.1 Å². The molecule has 0 aliphatic rings. The van der Waals surface area contributed by atoms with Crippen LogP contribution < -0.4 is 5.73 Å². The van der Waals surface area contributed by atoms with Gasteiger partial charge in [0, 0.05) is 18.0 Å². The van der Waals surface area contributed by atoms with Gasteiger partial charge in [-0.3, -0.25) is 4.98 Å². The van der Waals surface area contributed by atoms with Gasteiger partial charge in [-0.05, 0) is 18.6 Å². The molecule has 0 spiro atoms. The van der Waals surface area contributed by atoms with E-state index in [0.29, 0.717) is 6.54 Å². The topological polar surface area (TPSA) is 38.9 Å². The van der Waals surface area contributed by atoms with E-state index >= 15 is 0 Å². The van der Waals surface area contributed by atoms with Gasteiger partial charge in [-0.25, -0.2) is 0 Å². The van der Waals surface area contributed by atoms with Crippen LogP contribution in [0.5, 0.6) is 0 Å². The monoisotopic (exact) mass is 176 g/mol. The van der Waals surface area contributed by atoms with Crippen molar-refractivity contribution in [2.45, 2.75) is 20.8 Å². The number of aromatic nitrogens is 1. The molecule has 70 valence electrons. The summed E-state index contributed by atoms with van der Waals surface area (Å²) in [5.41, 5.74) is 7.27. The third-order valence-corrected chi connectivity index (χ3v) is 1.21. The maximum atomic E-state index is 5.22. The van der Waals surface area contributed by atoms with E-state index in [9.17, 15) is 0 Å². The number of pyridine rings is 1. The molecule has 0 saturated carbocycles. The van der Waals surface area contributed by atoms with E-state index in [4.69, 9.17) is 5.73 Å². The molecular formula is C11H16N2. The first kappa shape index (κ1) is 11.7. The molecule has 0 radical (unpaired) electrons. The number of aryl methyl sites for hydroxylation is 1. The first-order chi connectivity index (χ1) is 6.33. The van der Waals surface area contributed by atoms with Crippen molar-refractivity contribution in [1.29, 1.82) is 0 Å². The summed E-state index contributed by atoms with van der Waals surface area (Å²) >= 11 is 0. The maximum absolute atomic E-state index is 5.22. The van der Waals surface area contributed by atoms with Gasteiger partial charge in [0.15, 0.2) is 0 Å². The summed E-state index contributed by atoms with van der Waals surface area (Å²) in [6.45, 7) is 6.38. The van der Waals surface area contributed by atoms with Crippen molar-refractivity contribution in [3.63, 3.8) is 0 Å². The molecule has 2 N–H and O–H groups in total. The van der Waals surface area contributed by atoms with Crippen molar-refractivity contribution in [3.8, 4) is 11.8 Å². The minimum absolute atomic E-state index is 0.397. The van der Waals surface area contributed by atoms with Gasteiger partial charge in [0.2, 0.25) is 0 Å². The zero-order valence-electron chi connectivity index (χ0n) is 8.46. The highest BCUT2D eigenvalue weighted by Gasteiger charge is 1.86. The van der Waals surface area contributed by atoms with E-state index in [2.05, 4.69) is 16.8 Å². The van der Waals surface area contributed by atoms with Crippen LogP contribution in [0.15, 0.2) is 18.5 Å². The smallest absolute Gasteiger partial charge is 0.0555 e. The normalized spacial score (nSPS) is 7.69. The lowest BCUT2D eigenvalue weighted by molar-refractivity contribution is 1.25. The Morgan fingerprint density at radius 2 is 2.08 bits per heavy atom. The molecule has 2 heteroatoms. The number of hydrogen-bond donors (Lipinski definition) is 1. The Bertz CT molecular complexity index is 294. The Hall–Kier alpha value is -1.33. The lowest BCUT2D eigenvalue weighted by Gasteiger charge is -1.90. The summed E-state index contributed by atoms with van der Waals surface area (Å²) in [7, 11) is 0. The Morgan fingerprint density at radius 3 is 2.62 bits per heavy atom. The molecule has 0 aliphatic heterocycles. The van der Waals surface area contributed by atoms with Crippen molar-refractivity contribution >= 4 is 0 Å². The molecule has 0 unspecified atom stereocenters. The van der Waals surface area contributed by atoms with Gasteiger partial charge in [0.1, 0.15) is 0 Å². The highest BCUT2D eigenvalue weighted by Crippen LogP contribution is 1.97. The predicted molar refractivity (Wildman–Crippen MR) is 56.3 cm³/mol. The molecule has 1 aromatic heterocycles. The van der Waals surface area contributed by atoms with Crippen LogP contribution in [0.1, 0.15) is 25.0 Å². The van der Waals surface area contributed by atoms with Crippen LogP contribution in [0.4, 0.5) is 0 Å². The first-order valence-corrected chi connectivity index (χ1v) is 4.43. The second kappa shape index (κ2) is 7.33. The molecule has 1 aromatic rings. The minimum Gasteiger partial charge on any atom is -0.320 e. The van der Waals surface area contributed by atoms with Gasteiger partial charge in [-0.15, -0.1) is 0 Å². The van der Waals surface area contributed by atoms with E-state index < -0.39 is 0 Å². The van der Waals surface area contributed by atoms with Crippen molar-refractivity contribution in [2.75, 3.05) is 6.54 Å². The second-order valence-corrected chi connectivity index (χ2v) is 2.26. The third-order valence-electron chi connectivity index (χ3n) is 1.21. The van der Waals surface area contributed by atoms with Crippen molar-refractivity contribution in [3.05, 3.63) is 29.6 Å². The molecule has 1 rings (SSSR count). The molecular weight excluding hydrogens is 160 g/mol. The van der Waals surface area contributed by atoms with Crippen LogP contribution in [0.25, 0.3) is 0 Å². The molecule has 13 heavy (non-hydrogen) atoms. The zero-order chi connectivity index (χ0) is 10.1. The van der Waals surface area contributed by atoms with Crippen molar-refractivity contribution in [2.24, 2.45) is 5.73 Å². The van der Waals surface area contributed by atoms with Gasteiger partial charge in [-0.1, -0.05) is 25.7 Å². The largest absolute Gasteiger partial charge is 0.320 e. The van der Waals surface area contributed by atoms with Crippen LogP contribution in [-0.4, -0.2) is 11.5 Å². The molecule has 0 aliphatic carbocycles. The fourth-order valence-electron chi connectivity index (χ4n) is 0.776. The molecule has 0 saturated heterocycles. The van der Waals surface area contributed by atoms with E-state index in [-0.39, 0.29) is 0 Å². The van der Waals surface area contributed by atoms with Gasteiger partial charge < -0.3 is 5.73 Å². The highest BCUT2D eigenvalue weighted by molar-refractivity contribution is 5.33. The number of nitrogens with two attached hydrogens (primary N) is 1. The molecule has 1 heterocycles. The predicted octanol–water partition coefficient (Wildman–Crippen LogP) is 1.73. The summed E-state index contributed by atoms with van der Waals surface area (Å²) < 4.78 is 0. The summed E-state index contributed by atoms with van der Waals surface area (Å²) in [4.78, 5) is 3.99. The average Bonchev–Trinajstić information content (AvgIpc) is 2.18. The molecule has 0 amide bonds. The quantitative estimate of drug-likeness (QED) is 0.611. The standard InChI is InChI=1S/C9H10N2.C2H6/c1-8-5-9(3-2-4-10)7-11-6-8;1-2/h5-7H,4,10H2,1H3;1-2H3. The second-order valence-electron chi connectivity index (χ2n) is 2.26. The maximum Gasteiger partial charge on any atom is 0.0555 e. The summed E-state index contributed by atoms with van der Waals surface area (Å²) in [6.07, 6.45) is 3.53. The van der Waals surface area contributed by atoms with Crippen molar-refractivity contribution in [1.82, 2.24) is 4.98 Å². The molecule has 0 aromatic carbocycles. The fourth-order valence-corrected chi connectivity index (χ4v) is 0.776. The van der Waals surface area contributed by atoms with Gasteiger partial charge in [-0.2, -0.15) is 0 Å². The van der Waals surface area contributed by atoms with E-state index in [1.54, 1.807) is 12.4 Å². The lowest BCUT2D eigenvalue weighted by atomic mass is 10.2. The highest BCUT2D eigenvalue weighted by atomic mass is 14.6. The SMILES string of the molecule is CC.Cc1cncc(C#CCN)c1. The third kappa shape index (κ3) is 5.00. The van der Waals surface area contributed by atoms with Gasteiger partial charge in [0.05, 0.1) is 6.54 Å². The van der Waals surface area contributed by atoms with Crippen LogP contribution in [-0.2, 0) is 0 Å². The molecule has 0 fully saturated rings. The van der Waals surface area contributed by atoms with Crippen molar-refractivity contribution < 1.29 is 0 Å². The summed E-state index contributed by atoms with van der Waals surface area (Å²) in [5.74, 6) is 5.68. The van der Waals surface area contributed by atoms with E-state index in [1.165, 1.54) is 0 Å². The van der Waals surface area contributed by atoms with Gasteiger partial charge >= 0.3 is 0 Å². The van der Waals surface area contributed by atoms with Crippen LogP contribution in [0.2, 0.25) is 0 Å². The van der Waals surface area contributed by atoms with Crippen LogP contribution >= 0.6 is 0 Å². The summed E-state index contributed by atoms with van der Waals surface area (Å²) in [5, 5.41) is 0. The number of nitrogens with zero attached hydrogens (tertiary/aromatic N) is 1. The Kier molecular flexibility index (Phi) is 6.58. The molecule has 0 atom stereocenters. The minimum atomic E-state index is 0.397. The zero-order valence-corrected chi connectivity index (χ0v) is 8.46. The number of hydrogen-bond acceptors (Lipinski definition) is 2. The van der Waals surface area contributed by atoms with Gasteiger partial charge in [0.25, 0.3) is 0 Å². The molecule has 0 bridgehead atoms. The molecule has 2 nitrogen and oxygen atoms in total. The number of rotatable bonds is 0. The summed E-state index contributed by atoms with van der Waals surface area (Å²) in [6, 6.07) is 1.98. The Balaban J connectivity index is 0.000000671. The van der Waals surface area contributed by atoms with Crippen LogP contribution in [0.3, 0.4) is 0 Å². The van der Waals surface area contributed by atoms with Crippen LogP contribution in [0, 0.1) is 18.8 Å². The average molecular weight is 176 g/mol.